The van der Waals surface area contributed by atoms with Crippen LogP contribution in [0.2, 0.25) is 0 Å². The standard InChI is InChI=1S/C20H23NO2/c1-15-18-11-7-6-8-16(18)12-13-21(15)19(22)14-20(2,23)17-9-4-3-5-10-17/h3-11,15,23H,12-14H2,1-2H3. The third-order valence-electron chi connectivity index (χ3n) is 4.81. The molecule has 0 radical (unpaired) electrons. The number of fused-ring (bicyclic) bond motifs is 1. The van der Waals surface area contributed by atoms with E-state index in [1.165, 1.54) is 11.1 Å². The van der Waals surface area contributed by atoms with E-state index in [9.17, 15) is 9.90 Å². The van der Waals surface area contributed by atoms with E-state index in [2.05, 4.69) is 19.1 Å². The van der Waals surface area contributed by atoms with Gasteiger partial charge in [-0.3, -0.25) is 4.79 Å². The number of amides is 1. The number of rotatable bonds is 3. The van der Waals surface area contributed by atoms with Crippen LogP contribution in [-0.2, 0) is 16.8 Å². The molecule has 0 spiro atoms. The van der Waals surface area contributed by atoms with Crippen molar-refractivity contribution in [2.75, 3.05) is 6.54 Å². The van der Waals surface area contributed by atoms with Crippen molar-refractivity contribution in [1.82, 2.24) is 4.90 Å². The lowest BCUT2D eigenvalue weighted by Crippen LogP contribution is -2.41. The van der Waals surface area contributed by atoms with E-state index >= 15 is 0 Å². The van der Waals surface area contributed by atoms with Crippen molar-refractivity contribution in [2.45, 2.75) is 38.3 Å². The second kappa shape index (κ2) is 6.17. The molecule has 3 heteroatoms. The van der Waals surface area contributed by atoms with Crippen LogP contribution >= 0.6 is 0 Å². The highest BCUT2D eigenvalue weighted by molar-refractivity contribution is 5.78. The first kappa shape index (κ1) is 15.8. The summed E-state index contributed by atoms with van der Waals surface area (Å²) in [5.41, 5.74) is 2.17. The zero-order chi connectivity index (χ0) is 16.4. The molecule has 120 valence electrons. The molecule has 1 aliphatic heterocycles. The molecule has 2 atom stereocenters. The second-order valence-corrected chi connectivity index (χ2v) is 6.53. The molecule has 0 saturated carbocycles. The van der Waals surface area contributed by atoms with Crippen molar-refractivity contribution < 1.29 is 9.90 Å². The number of carbonyl (C=O) groups excluding carboxylic acids is 1. The van der Waals surface area contributed by atoms with Crippen molar-refractivity contribution in [2.24, 2.45) is 0 Å². The first-order valence-electron chi connectivity index (χ1n) is 8.14. The molecule has 0 aliphatic carbocycles. The monoisotopic (exact) mass is 309 g/mol. The van der Waals surface area contributed by atoms with Crippen LogP contribution in [0.1, 0.15) is 43.0 Å². The van der Waals surface area contributed by atoms with Crippen LogP contribution in [0.5, 0.6) is 0 Å². The van der Waals surface area contributed by atoms with Crippen LogP contribution < -0.4 is 0 Å². The van der Waals surface area contributed by atoms with E-state index in [0.717, 1.165) is 12.0 Å². The highest BCUT2D eigenvalue weighted by Crippen LogP contribution is 2.32. The Kier molecular flexibility index (Phi) is 4.22. The van der Waals surface area contributed by atoms with Gasteiger partial charge in [-0.25, -0.2) is 0 Å². The minimum atomic E-state index is -1.14. The highest BCUT2D eigenvalue weighted by Gasteiger charge is 2.33. The van der Waals surface area contributed by atoms with Gasteiger partial charge in [-0.15, -0.1) is 0 Å². The largest absolute Gasteiger partial charge is 0.385 e. The van der Waals surface area contributed by atoms with E-state index in [1.54, 1.807) is 6.92 Å². The van der Waals surface area contributed by atoms with Gasteiger partial charge in [-0.2, -0.15) is 0 Å². The summed E-state index contributed by atoms with van der Waals surface area (Å²) >= 11 is 0. The highest BCUT2D eigenvalue weighted by atomic mass is 16.3. The molecule has 2 unspecified atom stereocenters. The molecule has 1 aliphatic rings. The summed E-state index contributed by atoms with van der Waals surface area (Å²) in [5.74, 6) is 0.000793. The number of hydrogen-bond acceptors (Lipinski definition) is 2. The van der Waals surface area contributed by atoms with Gasteiger partial charge in [0, 0.05) is 6.54 Å². The maximum absolute atomic E-state index is 12.8. The van der Waals surface area contributed by atoms with Crippen molar-refractivity contribution in [1.29, 1.82) is 0 Å². The van der Waals surface area contributed by atoms with Gasteiger partial charge in [0.15, 0.2) is 0 Å². The molecule has 2 aromatic carbocycles. The molecule has 3 rings (SSSR count). The third-order valence-corrected chi connectivity index (χ3v) is 4.81. The molecule has 23 heavy (non-hydrogen) atoms. The van der Waals surface area contributed by atoms with Crippen LogP contribution in [0.4, 0.5) is 0 Å². The van der Waals surface area contributed by atoms with Gasteiger partial charge in [-0.1, -0.05) is 54.6 Å². The molecule has 3 nitrogen and oxygen atoms in total. The number of benzene rings is 2. The lowest BCUT2D eigenvalue weighted by atomic mass is 9.89. The van der Waals surface area contributed by atoms with Crippen molar-refractivity contribution in [3.05, 3.63) is 71.3 Å². The van der Waals surface area contributed by atoms with Gasteiger partial charge in [0.2, 0.25) is 5.91 Å². The van der Waals surface area contributed by atoms with Gasteiger partial charge in [-0.05, 0) is 37.0 Å². The van der Waals surface area contributed by atoms with Gasteiger partial charge < -0.3 is 10.0 Å². The fourth-order valence-corrected chi connectivity index (χ4v) is 3.41. The number of aliphatic hydroxyl groups is 1. The average Bonchev–Trinajstić information content (AvgIpc) is 2.56. The maximum atomic E-state index is 12.8. The maximum Gasteiger partial charge on any atom is 0.226 e. The number of carbonyl (C=O) groups is 1. The predicted molar refractivity (Wildman–Crippen MR) is 90.9 cm³/mol. The lowest BCUT2D eigenvalue weighted by Gasteiger charge is -2.37. The Morgan fingerprint density at radius 2 is 1.83 bits per heavy atom. The molecular formula is C20H23NO2. The summed E-state index contributed by atoms with van der Waals surface area (Å²) < 4.78 is 0. The average molecular weight is 309 g/mol. The van der Waals surface area contributed by atoms with E-state index in [4.69, 9.17) is 0 Å². The lowest BCUT2D eigenvalue weighted by molar-refractivity contribution is -0.138. The minimum absolute atomic E-state index is 0.000793. The van der Waals surface area contributed by atoms with Gasteiger partial charge in [0.05, 0.1) is 18.1 Å². The Balaban J connectivity index is 1.77. The molecule has 0 fully saturated rings. The summed E-state index contributed by atoms with van der Waals surface area (Å²) in [4.78, 5) is 14.7. The number of hydrogen-bond donors (Lipinski definition) is 1. The molecule has 1 heterocycles. The first-order valence-corrected chi connectivity index (χ1v) is 8.14. The van der Waals surface area contributed by atoms with E-state index in [-0.39, 0.29) is 18.4 Å². The Morgan fingerprint density at radius 3 is 2.57 bits per heavy atom. The van der Waals surface area contributed by atoms with E-state index in [1.807, 2.05) is 47.4 Å². The van der Waals surface area contributed by atoms with Crippen LogP contribution in [0.25, 0.3) is 0 Å². The Morgan fingerprint density at radius 1 is 1.17 bits per heavy atom. The first-order chi connectivity index (χ1) is 11.0. The van der Waals surface area contributed by atoms with Crippen molar-refractivity contribution in [3.8, 4) is 0 Å². The van der Waals surface area contributed by atoms with Crippen LogP contribution in [0, 0.1) is 0 Å². The molecule has 2 aromatic rings. The minimum Gasteiger partial charge on any atom is -0.385 e. The SMILES string of the molecule is CC1c2ccccc2CCN1C(=O)CC(C)(O)c1ccccc1. The Hall–Kier alpha value is -2.13. The zero-order valence-electron chi connectivity index (χ0n) is 13.7. The van der Waals surface area contributed by atoms with Crippen molar-refractivity contribution >= 4 is 5.91 Å². The molecule has 1 amide bonds. The summed E-state index contributed by atoms with van der Waals surface area (Å²) in [6.07, 6.45) is 0.975. The fraction of sp³-hybridized carbons (Fsp3) is 0.350. The molecular weight excluding hydrogens is 286 g/mol. The van der Waals surface area contributed by atoms with E-state index < -0.39 is 5.60 Å². The van der Waals surface area contributed by atoms with Crippen LogP contribution in [-0.4, -0.2) is 22.5 Å². The van der Waals surface area contributed by atoms with Gasteiger partial charge in [0.25, 0.3) is 0 Å². The fourth-order valence-electron chi connectivity index (χ4n) is 3.41. The molecule has 0 bridgehead atoms. The van der Waals surface area contributed by atoms with Crippen LogP contribution in [0.15, 0.2) is 54.6 Å². The summed E-state index contributed by atoms with van der Waals surface area (Å²) in [5, 5.41) is 10.7. The summed E-state index contributed by atoms with van der Waals surface area (Å²) in [6, 6.07) is 17.7. The summed E-state index contributed by atoms with van der Waals surface area (Å²) in [7, 11) is 0. The van der Waals surface area contributed by atoms with Crippen molar-refractivity contribution in [3.63, 3.8) is 0 Å². The van der Waals surface area contributed by atoms with Crippen LogP contribution in [0.3, 0.4) is 0 Å². The molecule has 0 saturated heterocycles. The topological polar surface area (TPSA) is 40.5 Å². The smallest absolute Gasteiger partial charge is 0.226 e. The quantitative estimate of drug-likeness (QED) is 0.943. The normalized spacial score (nSPS) is 19.8. The van der Waals surface area contributed by atoms with E-state index in [0.29, 0.717) is 6.54 Å². The second-order valence-electron chi connectivity index (χ2n) is 6.53. The number of nitrogens with zero attached hydrogens (tertiary/aromatic N) is 1. The molecule has 1 N–H and O–H groups in total. The Bertz CT molecular complexity index is 694. The summed E-state index contributed by atoms with van der Waals surface area (Å²) in [6.45, 7) is 4.48. The zero-order valence-corrected chi connectivity index (χ0v) is 13.7. The predicted octanol–water partition coefficient (Wildman–Crippen LogP) is 3.43. The molecule has 0 aromatic heterocycles. The van der Waals surface area contributed by atoms with Gasteiger partial charge in [0.1, 0.15) is 0 Å². The Labute approximate surface area is 137 Å². The third kappa shape index (κ3) is 3.15. The van der Waals surface area contributed by atoms with Gasteiger partial charge >= 0.3 is 0 Å².